The van der Waals surface area contributed by atoms with E-state index >= 15 is 0 Å². The number of hydrogen-bond donors (Lipinski definition) is 0. The third-order valence-electron chi connectivity index (χ3n) is 13.8. The Bertz CT molecular complexity index is 4630. The maximum Gasteiger partial charge on any atom is 0.258 e. The predicted octanol–water partition coefficient (Wildman–Crippen LogP) is 15.4. The number of aromatic nitrogens is 5. The number of rotatable bonds is 0. The van der Waals surface area contributed by atoms with Gasteiger partial charge in [0.1, 0.15) is 16.1 Å². The van der Waals surface area contributed by atoms with E-state index in [1.807, 2.05) is 138 Å². The lowest BCUT2D eigenvalue weighted by atomic mass is 10.1. The standard InChI is InChI=1S/C16H19NOSi.C14H13NO.C13H11NO.C11H10BrNO.C11H10ClNO.C5H10Si.CH3Br.CH4/c1-12-10-14-11-13(8-9-19(3,4)5)6-7-15(14)16(18)17(12)2;1-4-5-11-6-7-13-12(9-11)8-10(2)15(3)14(13)16;1-4-10-5-6-12-11(8-10)7-9(2)14(3)13(12)15;2*1-7-5-8-6-9(12)3-4-10(8)11(14)13(7)2;1-5-6(2,3)4;1-2;/h6-7,10-11H,1-5H3;6-9H,1-3H3;1,5-8H,2-3H3;2*3-6H,1-2H3;1H,2-4H3;1H3;1H4. The van der Waals surface area contributed by atoms with Crippen LogP contribution in [-0.2, 0) is 35.2 Å². The van der Waals surface area contributed by atoms with E-state index in [-0.39, 0.29) is 35.2 Å². The highest BCUT2D eigenvalue weighted by molar-refractivity contribution is 9.10. The Morgan fingerprint density at radius 1 is 0.414 bits per heavy atom. The Balaban J connectivity index is 0.000000276. The topological polar surface area (TPSA) is 110 Å². The molecule has 0 saturated heterocycles. The fourth-order valence-corrected chi connectivity index (χ4v) is 9.37. The molecule has 10 nitrogen and oxygen atoms in total. The van der Waals surface area contributed by atoms with Gasteiger partial charge in [-0.05, 0) is 196 Å². The number of nitrogens with zero attached hydrogens (tertiary/aromatic N) is 5. The van der Waals surface area contributed by atoms with Crippen LogP contribution >= 0.6 is 43.5 Å². The van der Waals surface area contributed by atoms with Crippen molar-refractivity contribution in [2.24, 2.45) is 35.2 Å². The fourth-order valence-electron chi connectivity index (χ4n) is 8.29. The van der Waals surface area contributed by atoms with Crippen LogP contribution in [0.4, 0.5) is 0 Å². The first-order valence-corrected chi connectivity index (χ1v) is 37.2. The fraction of sp³-hybridized carbons (Fsp3) is 0.264. The van der Waals surface area contributed by atoms with Gasteiger partial charge in [0, 0.05) is 117 Å². The second-order valence-electron chi connectivity index (χ2n) is 22.5. The molecule has 0 aliphatic carbocycles. The van der Waals surface area contributed by atoms with E-state index in [0.29, 0.717) is 15.8 Å². The number of fused-ring (bicyclic) bond motifs is 5. The summed E-state index contributed by atoms with van der Waals surface area (Å²) in [6.45, 7) is 24.5. The average molecular weight is 1350 g/mol. The molecule has 0 radical (unpaired) electrons. The summed E-state index contributed by atoms with van der Waals surface area (Å²) < 4.78 is 9.27. The lowest BCUT2D eigenvalue weighted by molar-refractivity contribution is 0.830. The molecule has 0 spiro atoms. The van der Waals surface area contributed by atoms with Crippen molar-refractivity contribution in [3.8, 4) is 47.6 Å². The molecule has 452 valence electrons. The molecule has 0 fully saturated rings. The molecule has 0 unspecified atom stereocenters. The SMILES string of the molecule is C.C#C[Si](C)(C)C.C#Cc1ccc2c(=O)n(C)c(C)cc2c1.CBr.CC#Cc1ccc2c(=O)n(C)c(C)cc2c1.Cc1cc2cc(Br)ccc2c(=O)n1C.Cc1cc2cc(C#C[Si](C)(C)C)ccc2c(=O)n1C.Cc1cc2cc(Cl)ccc2c(=O)n1C. The quantitative estimate of drug-likeness (QED) is 0.0853. The molecular formula is C72H80Br2ClN5O5Si2. The van der Waals surface area contributed by atoms with E-state index < -0.39 is 16.1 Å². The van der Waals surface area contributed by atoms with E-state index in [9.17, 15) is 24.0 Å². The third-order valence-corrected chi connectivity index (χ3v) is 16.2. The van der Waals surface area contributed by atoms with Crippen molar-refractivity contribution in [3.05, 3.63) is 228 Å². The summed E-state index contributed by atoms with van der Waals surface area (Å²) in [5, 5.41) is 9.07. The van der Waals surface area contributed by atoms with Crippen LogP contribution in [0.25, 0.3) is 53.9 Å². The molecule has 5 aromatic heterocycles. The number of benzene rings is 5. The monoisotopic (exact) mass is 1340 g/mol. The van der Waals surface area contributed by atoms with Crippen molar-refractivity contribution in [2.75, 3.05) is 5.83 Å². The molecule has 0 atom stereocenters. The van der Waals surface area contributed by atoms with Gasteiger partial charge < -0.3 is 22.8 Å². The molecule has 0 amide bonds. The normalized spacial score (nSPS) is 10.3. The predicted molar refractivity (Wildman–Crippen MR) is 387 cm³/mol. The van der Waals surface area contributed by atoms with Crippen LogP contribution in [0.3, 0.4) is 0 Å². The zero-order valence-corrected chi connectivity index (χ0v) is 58.5. The van der Waals surface area contributed by atoms with Gasteiger partial charge in [-0.2, -0.15) is 0 Å². The molecule has 5 heterocycles. The number of aryl methyl sites for hydroxylation is 5. The average Bonchev–Trinajstić information content (AvgIpc) is 1.42. The van der Waals surface area contributed by atoms with E-state index in [0.717, 1.165) is 92.7 Å². The zero-order chi connectivity index (χ0) is 64.7. The number of pyridine rings is 5. The minimum atomic E-state index is -1.37. The summed E-state index contributed by atoms with van der Waals surface area (Å²) in [6.07, 6.45) is 10.4. The van der Waals surface area contributed by atoms with Gasteiger partial charge in [0.2, 0.25) is 0 Å². The van der Waals surface area contributed by atoms with Gasteiger partial charge in [-0.15, -0.1) is 29.9 Å². The number of alkyl halides is 1. The molecule has 0 aliphatic rings. The highest BCUT2D eigenvalue weighted by Crippen LogP contribution is 2.20. The highest BCUT2D eigenvalue weighted by atomic mass is 79.9. The summed E-state index contributed by atoms with van der Waals surface area (Å²) >= 11 is 12.2. The van der Waals surface area contributed by atoms with Gasteiger partial charge in [0.05, 0.1) is 0 Å². The molecule has 10 aromatic rings. The van der Waals surface area contributed by atoms with Crippen LogP contribution in [-0.4, -0.2) is 44.8 Å². The Labute approximate surface area is 537 Å². The maximum absolute atomic E-state index is 12.1. The maximum atomic E-state index is 12.1. The first kappa shape index (κ1) is 73.3. The van der Waals surface area contributed by atoms with Gasteiger partial charge in [-0.1, -0.05) is 108 Å². The van der Waals surface area contributed by atoms with Crippen molar-refractivity contribution in [2.45, 2.75) is 88.3 Å². The zero-order valence-electron chi connectivity index (χ0n) is 52.6. The van der Waals surface area contributed by atoms with Crippen molar-refractivity contribution in [3.63, 3.8) is 0 Å². The smallest absolute Gasteiger partial charge is 0.258 e. The Morgan fingerprint density at radius 3 is 1.00 bits per heavy atom. The molecular weight excluding hydrogens is 1270 g/mol. The van der Waals surface area contributed by atoms with Crippen molar-refractivity contribution in [1.29, 1.82) is 0 Å². The largest absolute Gasteiger partial charge is 0.315 e. The Kier molecular flexibility index (Phi) is 27.1. The number of halogens is 3. The summed E-state index contributed by atoms with van der Waals surface area (Å²) in [5.74, 6) is 13.5. The van der Waals surface area contributed by atoms with Crippen LogP contribution in [0.2, 0.25) is 44.3 Å². The van der Waals surface area contributed by atoms with E-state index in [1.54, 1.807) is 89.3 Å². The van der Waals surface area contributed by atoms with Crippen molar-refractivity contribution in [1.82, 2.24) is 22.8 Å². The number of terminal acetylenes is 2. The summed E-state index contributed by atoms with van der Waals surface area (Å²) in [7, 11) is 6.45. The van der Waals surface area contributed by atoms with Gasteiger partial charge in [-0.3, -0.25) is 24.0 Å². The number of hydrogen-bond acceptors (Lipinski definition) is 5. The van der Waals surface area contributed by atoms with Gasteiger partial charge in [-0.25, -0.2) is 0 Å². The minimum Gasteiger partial charge on any atom is -0.315 e. The lowest BCUT2D eigenvalue weighted by Crippen LogP contribution is -2.18. The molecule has 0 aliphatic heterocycles. The molecule has 10 rings (SSSR count). The van der Waals surface area contributed by atoms with Crippen LogP contribution in [0, 0.1) is 82.2 Å². The third kappa shape index (κ3) is 19.8. The Hall–Kier alpha value is -7.93. The van der Waals surface area contributed by atoms with Crippen LogP contribution < -0.4 is 27.8 Å². The molecule has 0 N–H and O–H groups in total. The first-order chi connectivity index (χ1) is 40.3. The first-order valence-electron chi connectivity index (χ1n) is 27.4. The van der Waals surface area contributed by atoms with Crippen molar-refractivity contribution < 1.29 is 0 Å². The van der Waals surface area contributed by atoms with Gasteiger partial charge >= 0.3 is 0 Å². The molecule has 0 bridgehead atoms. The minimum absolute atomic E-state index is 0. The second-order valence-corrected chi connectivity index (χ2v) is 33.4. The summed E-state index contributed by atoms with van der Waals surface area (Å²) in [6, 6.07) is 38.0. The summed E-state index contributed by atoms with van der Waals surface area (Å²) in [5.41, 5.74) is 13.8. The van der Waals surface area contributed by atoms with E-state index in [2.05, 4.69) is 106 Å². The molecule has 5 aromatic carbocycles. The summed E-state index contributed by atoms with van der Waals surface area (Å²) in [4.78, 5) is 59.5. The van der Waals surface area contributed by atoms with Crippen LogP contribution in [0.1, 0.15) is 59.5 Å². The van der Waals surface area contributed by atoms with Crippen LogP contribution in [0.5, 0.6) is 0 Å². The molecule has 87 heavy (non-hydrogen) atoms. The lowest BCUT2D eigenvalue weighted by Gasteiger charge is -2.06. The molecule has 15 heteroatoms. The van der Waals surface area contributed by atoms with E-state index in [1.165, 1.54) is 0 Å². The van der Waals surface area contributed by atoms with Gasteiger partial charge in [0.15, 0.2) is 0 Å². The van der Waals surface area contributed by atoms with Crippen LogP contribution in [0.15, 0.2) is 150 Å². The molecule has 0 saturated carbocycles. The second kappa shape index (κ2) is 32.2. The highest BCUT2D eigenvalue weighted by Gasteiger charge is 2.10. The van der Waals surface area contributed by atoms with Crippen molar-refractivity contribution >= 4 is 113 Å². The van der Waals surface area contributed by atoms with E-state index in [4.69, 9.17) is 24.4 Å². The van der Waals surface area contributed by atoms with Gasteiger partial charge in [0.25, 0.3) is 27.8 Å². The Morgan fingerprint density at radius 2 is 0.690 bits per heavy atom.